The highest BCUT2D eigenvalue weighted by atomic mass is 16.6. The van der Waals surface area contributed by atoms with Gasteiger partial charge in [0.2, 0.25) is 17.7 Å². The van der Waals surface area contributed by atoms with Crippen molar-refractivity contribution in [3.63, 3.8) is 0 Å². The standard InChI is InChI=1S/C28H46N4O5/c1-9-10-11-12-15-32(26(35)22(17-23(29)33)31-27(36)37-28(6,7)8)24(25(34)30-18(2)3)21-14-13-19(4)16-20(21)5/h13-14,16,18,22,24H,9-12,15,17H2,1-8H3,(H2,29,33)(H,30,34)(H,31,36). The SMILES string of the molecule is CCCCCCN(C(=O)C(CC(N)=O)NC(=O)OC(C)(C)C)C(C(=O)NC(C)C)c1ccc(C)cc1C. The van der Waals surface area contributed by atoms with Crippen LogP contribution >= 0.6 is 0 Å². The Morgan fingerprint density at radius 1 is 1.03 bits per heavy atom. The van der Waals surface area contributed by atoms with Crippen molar-refractivity contribution < 1.29 is 23.9 Å². The van der Waals surface area contributed by atoms with Crippen molar-refractivity contribution in [1.29, 1.82) is 0 Å². The number of nitrogens with one attached hydrogen (secondary N) is 2. The number of ether oxygens (including phenoxy) is 1. The Kier molecular flexibility index (Phi) is 12.6. The number of alkyl carbamates (subject to hydrolysis) is 1. The summed E-state index contributed by atoms with van der Waals surface area (Å²) in [7, 11) is 0. The number of amides is 4. The molecule has 9 nitrogen and oxygen atoms in total. The van der Waals surface area contributed by atoms with Gasteiger partial charge in [-0.05, 0) is 66.0 Å². The zero-order valence-electron chi connectivity index (χ0n) is 23.8. The van der Waals surface area contributed by atoms with Crippen molar-refractivity contribution in [2.45, 2.75) is 111 Å². The first-order valence-corrected chi connectivity index (χ1v) is 13.1. The van der Waals surface area contributed by atoms with Crippen molar-refractivity contribution in [3.05, 3.63) is 34.9 Å². The van der Waals surface area contributed by atoms with Crippen LogP contribution in [0.5, 0.6) is 0 Å². The monoisotopic (exact) mass is 518 g/mol. The van der Waals surface area contributed by atoms with Crippen LogP contribution in [0.4, 0.5) is 4.79 Å². The number of carbonyl (C=O) groups excluding carboxylic acids is 4. The molecule has 0 aromatic heterocycles. The molecule has 1 aromatic carbocycles. The van der Waals surface area contributed by atoms with E-state index in [0.717, 1.165) is 30.4 Å². The fraction of sp³-hybridized carbons (Fsp3) is 0.643. The second-order valence-corrected chi connectivity index (χ2v) is 10.9. The van der Waals surface area contributed by atoms with Crippen molar-refractivity contribution >= 4 is 23.8 Å². The van der Waals surface area contributed by atoms with Gasteiger partial charge >= 0.3 is 6.09 Å². The van der Waals surface area contributed by atoms with Gasteiger partial charge in [0, 0.05) is 12.6 Å². The summed E-state index contributed by atoms with van der Waals surface area (Å²) >= 11 is 0. The van der Waals surface area contributed by atoms with Gasteiger partial charge in [0.25, 0.3) is 0 Å². The molecule has 2 atom stereocenters. The molecule has 0 saturated heterocycles. The largest absolute Gasteiger partial charge is 0.444 e. The van der Waals surface area contributed by atoms with E-state index >= 15 is 0 Å². The summed E-state index contributed by atoms with van der Waals surface area (Å²) in [5.41, 5.74) is 7.22. The van der Waals surface area contributed by atoms with Crippen molar-refractivity contribution in [2.75, 3.05) is 6.54 Å². The first-order chi connectivity index (χ1) is 17.2. The van der Waals surface area contributed by atoms with E-state index in [2.05, 4.69) is 17.6 Å². The van der Waals surface area contributed by atoms with Crippen LogP contribution in [0.1, 0.15) is 96.4 Å². The molecule has 0 spiro atoms. The Morgan fingerprint density at radius 3 is 2.19 bits per heavy atom. The van der Waals surface area contributed by atoms with Crippen LogP contribution in [0.3, 0.4) is 0 Å². The summed E-state index contributed by atoms with van der Waals surface area (Å²) in [6, 6.07) is 3.33. The van der Waals surface area contributed by atoms with Crippen molar-refractivity contribution in [3.8, 4) is 0 Å². The molecule has 0 aliphatic carbocycles. The van der Waals surface area contributed by atoms with Gasteiger partial charge in [0.05, 0.1) is 6.42 Å². The fourth-order valence-electron chi connectivity index (χ4n) is 4.07. The number of hydrogen-bond acceptors (Lipinski definition) is 5. The molecule has 1 aromatic rings. The van der Waals surface area contributed by atoms with Gasteiger partial charge in [-0.15, -0.1) is 0 Å². The zero-order valence-corrected chi connectivity index (χ0v) is 23.8. The molecule has 1 rings (SSSR count). The number of unbranched alkanes of at least 4 members (excludes halogenated alkanes) is 3. The summed E-state index contributed by atoms with van der Waals surface area (Å²) in [4.78, 5) is 53.5. The van der Waals surface area contributed by atoms with Gasteiger partial charge in [-0.25, -0.2) is 4.79 Å². The predicted molar refractivity (Wildman–Crippen MR) is 145 cm³/mol. The first-order valence-electron chi connectivity index (χ1n) is 13.1. The van der Waals surface area contributed by atoms with E-state index in [4.69, 9.17) is 10.5 Å². The smallest absolute Gasteiger partial charge is 0.408 e. The molecule has 37 heavy (non-hydrogen) atoms. The minimum absolute atomic E-state index is 0.154. The molecule has 4 N–H and O–H groups in total. The maximum atomic E-state index is 14.0. The van der Waals surface area contributed by atoms with E-state index in [1.807, 2.05) is 45.9 Å². The molecule has 0 saturated carbocycles. The third-order valence-electron chi connectivity index (χ3n) is 5.64. The summed E-state index contributed by atoms with van der Waals surface area (Å²) in [6.07, 6.45) is 2.25. The highest BCUT2D eigenvalue weighted by Crippen LogP contribution is 2.27. The summed E-state index contributed by atoms with van der Waals surface area (Å²) in [5.74, 6) is -1.65. The molecule has 0 aliphatic rings. The normalized spacial score (nSPS) is 13.0. The Labute approximate surface area is 221 Å². The number of benzene rings is 1. The van der Waals surface area contributed by atoms with Crippen molar-refractivity contribution in [1.82, 2.24) is 15.5 Å². The second kappa shape index (κ2) is 14.6. The summed E-state index contributed by atoms with van der Waals surface area (Å²) in [6.45, 7) is 15.0. The van der Waals surface area contributed by atoms with Gasteiger partial charge in [0.1, 0.15) is 17.7 Å². The van der Waals surface area contributed by atoms with Gasteiger partial charge < -0.3 is 26.0 Å². The predicted octanol–water partition coefficient (Wildman–Crippen LogP) is 4.05. The Bertz CT molecular complexity index is 939. The minimum atomic E-state index is -1.28. The number of aryl methyl sites for hydroxylation is 2. The van der Waals surface area contributed by atoms with Crippen LogP contribution in [0, 0.1) is 13.8 Å². The van der Waals surface area contributed by atoms with E-state index < -0.39 is 42.0 Å². The van der Waals surface area contributed by atoms with Gasteiger partial charge in [-0.2, -0.15) is 0 Å². The van der Waals surface area contributed by atoms with E-state index in [9.17, 15) is 19.2 Å². The molecule has 0 aliphatic heterocycles. The van der Waals surface area contributed by atoms with Gasteiger partial charge in [-0.1, -0.05) is 49.9 Å². The van der Waals surface area contributed by atoms with Crippen molar-refractivity contribution in [2.24, 2.45) is 5.73 Å². The molecular weight excluding hydrogens is 472 g/mol. The Hall–Kier alpha value is -3.10. The lowest BCUT2D eigenvalue weighted by Crippen LogP contribution is -2.54. The number of rotatable bonds is 13. The zero-order chi connectivity index (χ0) is 28.3. The Morgan fingerprint density at radius 2 is 1.68 bits per heavy atom. The van der Waals surface area contributed by atoms with Crippen LogP contribution in [-0.4, -0.2) is 52.9 Å². The molecule has 208 valence electrons. The van der Waals surface area contributed by atoms with Crippen LogP contribution in [0.25, 0.3) is 0 Å². The van der Waals surface area contributed by atoms with Crippen LogP contribution < -0.4 is 16.4 Å². The average molecular weight is 519 g/mol. The molecular formula is C28H46N4O5. The molecule has 2 unspecified atom stereocenters. The quantitative estimate of drug-likeness (QED) is 0.339. The number of carbonyl (C=O) groups is 4. The number of nitrogens with two attached hydrogens (primary N) is 1. The number of nitrogens with zero attached hydrogens (tertiary/aromatic N) is 1. The van der Waals surface area contributed by atoms with Crippen LogP contribution in [0.15, 0.2) is 18.2 Å². The van der Waals surface area contributed by atoms with E-state index in [1.165, 1.54) is 4.90 Å². The Balaban J connectivity index is 3.55. The summed E-state index contributed by atoms with van der Waals surface area (Å²) < 4.78 is 5.32. The highest BCUT2D eigenvalue weighted by molar-refractivity contribution is 5.94. The van der Waals surface area contributed by atoms with Crippen LogP contribution in [0.2, 0.25) is 0 Å². The topological polar surface area (TPSA) is 131 Å². The lowest BCUT2D eigenvalue weighted by Gasteiger charge is -2.35. The molecule has 0 radical (unpaired) electrons. The maximum absolute atomic E-state index is 14.0. The molecule has 0 bridgehead atoms. The molecule has 4 amide bonds. The average Bonchev–Trinajstić information content (AvgIpc) is 2.73. The van der Waals surface area contributed by atoms with E-state index in [1.54, 1.807) is 20.8 Å². The minimum Gasteiger partial charge on any atom is -0.444 e. The second-order valence-electron chi connectivity index (χ2n) is 10.9. The molecule has 0 heterocycles. The first kappa shape index (κ1) is 31.9. The third kappa shape index (κ3) is 11.2. The summed E-state index contributed by atoms with van der Waals surface area (Å²) in [5, 5.41) is 5.45. The van der Waals surface area contributed by atoms with E-state index in [0.29, 0.717) is 12.0 Å². The fourth-order valence-corrected chi connectivity index (χ4v) is 4.07. The molecule has 9 heteroatoms. The third-order valence-corrected chi connectivity index (χ3v) is 5.64. The lowest BCUT2D eigenvalue weighted by molar-refractivity contribution is -0.143. The maximum Gasteiger partial charge on any atom is 0.408 e. The van der Waals surface area contributed by atoms with Crippen LogP contribution in [-0.2, 0) is 19.1 Å². The number of hydrogen-bond donors (Lipinski definition) is 3. The van der Waals surface area contributed by atoms with E-state index in [-0.39, 0.29) is 18.5 Å². The molecule has 0 fully saturated rings. The van der Waals surface area contributed by atoms with Gasteiger partial charge in [0.15, 0.2) is 0 Å². The lowest BCUT2D eigenvalue weighted by atomic mass is 9.95. The number of primary amides is 1. The van der Waals surface area contributed by atoms with Gasteiger partial charge in [-0.3, -0.25) is 14.4 Å². The highest BCUT2D eigenvalue weighted by Gasteiger charge is 2.37.